The summed E-state index contributed by atoms with van der Waals surface area (Å²) in [7, 11) is 1.67. The average molecular weight is 397 g/mol. The molecule has 1 aliphatic heterocycles. The van der Waals surface area contributed by atoms with Gasteiger partial charge in [-0.1, -0.05) is 30.7 Å². The van der Waals surface area contributed by atoms with Crippen molar-refractivity contribution in [2.45, 2.75) is 43.6 Å². The van der Waals surface area contributed by atoms with Crippen LogP contribution in [0.5, 0.6) is 5.75 Å². The van der Waals surface area contributed by atoms with Crippen LogP contribution in [0, 0.1) is 5.82 Å². The Bertz CT molecular complexity index is 859. The minimum atomic E-state index is -0.591. The number of hydrogen-bond donors (Lipinski definition) is 1. The lowest BCUT2D eigenvalue weighted by atomic mass is 9.63. The third-order valence-corrected chi connectivity index (χ3v) is 6.53. The Balaban J connectivity index is 1.52. The van der Waals surface area contributed by atoms with E-state index in [0.29, 0.717) is 6.54 Å². The van der Waals surface area contributed by atoms with E-state index in [1.165, 1.54) is 25.0 Å². The molecule has 2 fully saturated rings. The van der Waals surface area contributed by atoms with Crippen molar-refractivity contribution in [3.63, 3.8) is 0 Å². The number of rotatable bonds is 7. The van der Waals surface area contributed by atoms with Crippen LogP contribution < -0.4 is 10.1 Å². The highest BCUT2D eigenvalue weighted by Gasteiger charge is 2.45. The molecule has 1 N–H and O–H groups in total. The van der Waals surface area contributed by atoms with Crippen LogP contribution in [0.25, 0.3) is 0 Å². The van der Waals surface area contributed by atoms with Gasteiger partial charge in [0.15, 0.2) is 0 Å². The zero-order valence-corrected chi connectivity index (χ0v) is 17.0. The van der Waals surface area contributed by atoms with Crippen molar-refractivity contribution in [1.82, 2.24) is 10.2 Å². The van der Waals surface area contributed by atoms with Crippen LogP contribution in [0.3, 0.4) is 0 Å². The van der Waals surface area contributed by atoms with Crippen molar-refractivity contribution in [3.05, 3.63) is 65.5 Å². The number of nitrogens with one attached hydrogen (secondary N) is 1. The topological polar surface area (TPSA) is 41.6 Å². The van der Waals surface area contributed by atoms with E-state index in [-0.39, 0.29) is 17.8 Å². The Morgan fingerprint density at radius 1 is 1.14 bits per heavy atom. The molecule has 1 heterocycles. The summed E-state index contributed by atoms with van der Waals surface area (Å²) in [6.45, 7) is 2.61. The first-order valence-electron chi connectivity index (χ1n) is 10.5. The lowest BCUT2D eigenvalue weighted by Gasteiger charge is -2.41. The molecular formula is C24H29FN2O2. The van der Waals surface area contributed by atoms with E-state index in [1.54, 1.807) is 13.2 Å². The third-order valence-electron chi connectivity index (χ3n) is 6.53. The van der Waals surface area contributed by atoms with Crippen molar-refractivity contribution >= 4 is 5.91 Å². The predicted molar refractivity (Wildman–Crippen MR) is 111 cm³/mol. The number of benzene rings is 2. The molecule has 0 aromatic heterocycles. The van der Waals surface area contributed by atoms with E-state index in [2.05, 4.69) is 22.3 Å². The lowest BCUT2D eigenvalue weighted by molar-refractivity contribution is -0.130. The average Bonchev–Trinajstić information content (AvgIpc) is 3.22. The molecule has 4 rings (SSSR count). The van der Waals surface area contributed by atoms with Crippen molar-refractivity contribution in [2.24, 2.45) is 0 Å². The highest BCUT2D eigenvalue weighted by atomic mass is 19.1. The predicted octanol–water partition coefficient (Wildman–Crippen LogP) is 4.21. The summed E-state index contributed by atoms with van der Waals surface area (Å²) in [4.78, 5) is 15.7. The number of methoxy groups -OCH3 is 1. The summed E-state index contributed by atoms with van der Waals surface area (Å²) in [6, 6.07) is 14.7. The molecule has 29 heavy (non-hydrogen) atoms. The monoisotopic (exact) mass is 396 g/mol. The molecule has 1 atom stereocenters. The molecule has 0 spiro atoms. The number of amides is 1. The smallest absolute Gasteiger partial charge is 0.230 e. The second-order valence-electron chi connectivity index (χ2n) is 8.19. The van der Waals surface area contributed by atoms with Gasteiger partial charge in [-0.3, -0.25) is 9.69 Å². The number of hydrogen-bond acceptors (Lipinski definition) is 3. The summed E-state index contributed by atoms with van der Waals surface area (Å²) in [5.41, 5.74) is 1.35. The van der Waals surface area contributed by atoms with Crippen molar-refractivity contribution in [2.75, 3.05) is 26.7 Å². The van der Waals surface area contributed by atoms with Gasteiger partial charge >= 0.3 is 0 Å². The van der Waals surface area contributed by atoms with E-state index >= 15 is 0 Å². The van der Waals surface area contributed by atoms with E-state index in [9.17, 15) is 9.18 Å². The maximum absolute atomic E-state index is 13.8. The van der Waals surface area contributed by atoms with Gasteiger partial charge in [0.25, 0.3) is 0 Å². The van der Waals surface area contributed by atoms with Gasteiger partial charge in [0.05, 0.1) is 18.6 Å². The molecule has 1 aliphatic carbocycles. The van der Waals surface area contributed by atoms with E-state index in [1.807, 2.05) is 18.2 Å². The van der Waals surface area contributed by atoms with Crippen LogP contribution in [-0.4, -0.2) is 37.6 Å². The molecule has 0 bridgehead atoms. The second-order valence-corrected chi connectivity index (χ2v) is 8.19. The third kappa shape index (κ3) is 4.01. The summed E-state index contributed by atoms with van der Waals surface area (Å²) in [6.07, 6.45) is 4.91. The van der Waals surface area contributed by atoms with Crippen LogP contribution in [0.2, 0.25) is 0 Å². The maximum Gasteiger partial charge on any atom is 0.230 e. The first-order valence-corrected chi connectivity index (χ1v) is 10.5. The van der Waals surface area contributed by atoms with Gasteiger partial charge in [-0.05, 0) is 74.2 Å². The van der Waals surface area contributed by atoms with E-state index in [0.717, 1.165) is 49.2 Å². The Labute approximate surface area is 172 Å². The molecule has 1 amide bonds. The minimum absolute atomic E-state index is 0.0152. The second kappa shape index (κ2) is 8.54. The fourth-order valence-corrected chi connectivity index (χ4v) is 4.68. The van der Waals surface area contributed by atoms with Crippen LogP contribution >= 0.6 is 0 Å². The molecule has 4 nitrogen and oxygen atoms in total. The van der Waals surface area contributed by atoms with Gasteiger partial charge in [0.1, 0.15) is 11.6 Å². The van der Waals surface area contributed by atoms with Gasteiger partial charge in [0, 0.05) is 6.54 Å². The van der Waals surface area contributed by atoms with Crippen LogP contribution in [-0.2, 0) is 10.2 Å². The van der Waals surface area contributed by atoms with E-state index < -0.39 is 5.41 Å². The quantitative estimate of drug-likeness (QED) is 0.762. The molecule has 2 aromatic carbocycles. The molecular weight excluding hydrogens is 367 g/mol. The number of halogens is 1. The number of nitrogens with zero attached hydrogens (tertiary/aromatic N) is 1. The number of carbonyl (C=O) groups is 1. The normalized spacial score (nSPS) is 19.4. The van der Waals surface area contributed by atoms with Crippen LogP contribution in [0.1, 0.15) is 49.3 Å². The van der Waals surface area contributed by atoms with E-state index in [4.69, 9.17) is 4.74 Å². The molecule has 2 aromatic rings. The van der Waals surface area contributed by atoms with Gasteiger partial charge in [-0.15, -0.1) is 0 Å². The molecule has 5 heteroatoms. The lowest BCUT2D eigenvalue weighted by Crippen LogP contribution is -2.51. The highest BCUT2D eigenvalue weighted by molar-refractivity contribution is 5.89. The first-order chi connectivity index (χ1) is 14.1. The van der Waals surface area contributed by atoms with Crippen molar-refractivity contribution < 1.29 is 13.9 Å². The summed E-state index contributed by atoms with van der Waals surface area (Å²) in [5.74, 6) is 0.558. The molecule has 154 valence electrons. The number of ether oxygens (including phenoxy) is 1. The fraction of sp³-hybridized carbons (Fsp3) is 0.458. The molecule has 1 saturated heterocycles. The largest absolute Gasteiger partial charge is 0.497 e. The fourth-order valence-electron chi connectivity index (χ4n) is 4.68. The SMILES string of the molecule is COc1cccc(C(CNC(=O)C2(c3cccc(F)c3)CCC2)N2CCCC2)c1. The minimum Gasteiger partial charge on any atom is -0.497 e. The molecule has 1 saturated carbocycles. The Kier molecular flexibility index (Phi) is 5.86. The number of likely N-dealkylation sites (tertiary alicyclic amines) is 1. The van der Waals surface area contributed by atoms with Crippen LogP contribution in [0.15, 0.2) is 48.5 Å². The van der Waals surface area contributed by atoms with Crippen molar-refractivity contribution in [3.8, 4) is 5.75 Å². The molecule has 0 radical (unpaired) electrons. The van der Waals surface area contributed by atoms with Gasteiger partial charge in [0.2, 0.25) is 5.91 Å². The Hall–Kier alpha value is -2.40. The number of carbonyl (C=O) groups excluding carboxylic acids is 1. The summed E-state index contributed by atoms with van der Waals surface area (Å²) in [5, 5.41) is 3.21. The zero-order chi connectivity index (χ0) is 20.3. The zero-order valence-electron chi connectivity index (χ0n) is 17.0. The maximum atomic E-state index is 13.8. The Morgan fingerprint density at radius 2 is 1.90 bits per heavy atom. The molecule has 2 aliphatic rings. The van der Waals surface area contributed by atoms with Gasteiger partial charge in [-0.25, -0.2) is 4.39 Å². The highest BCUT2D eigenvalue weighted by Crippen LogP contribution is 2.44. The molecule has 1 unspecified atom stereocenters. The van der Waals surface area contributed by atoms with Crippen LogP contribution in [0.4, 0.5) is 4.39 Å². The Morgan fingerprint density at radius 3 is 2.55 bits per heavy atom. The van der Waals surface area contributed by atoms with Gasteiger partial charge < -0.3 is 10.1 Å². The first kappa shape index (κ1) is 19.9. The standard InChI is InChI=1S/C24H29FN2O2/c1-29-21-10-4-7-18(15-21)22(27-13-2-3-14-27)17-26-23(28)24(11-6-12-24)19-8-5-9-20(25)16-19/h4-5,7-10,15-16,22H,2-3,6,11-14,17H2,1H3,(H,26,28). The van der Waals surface area contributed by atoms with Crippen molar-refractivity contribution in [1.29, 1.82) is 0 Å². The van der Waals surface area contributed by atoms with Gasteiger partial charge in [-0.2, -0.15) is 0 Å². The summed E-state index contributed by atoms with van der Waals surface area (Å²) < 4.78 is 19.2. The summed E-state index contributed by atoms with van der Waals surface area (Å²) >= 11 is 0.